The maximum absolute atomic E-state index is 12.2. The average Bonchev–Trinajstić information content (AvgIpc) is 3.03. The second-order valence-electron chi connectivity index (χ2n) is 5.90. The van der Waals surface area contributed by atoms with Crippen LogP contribution in [0.15, 0.2) is 62.8 Å². The lowest BCUT2D eigenvalue weighted by molar-refractivity contribution is -0.133. The fraction of sp³-hybridized carbons (Fsp3) is 0.118. The smallest absolute Gasteiger partial charge is 0.339 e. The number of hydrogen-bond donors (Lipinski definition) is 0. The van der Waals surface area contributed by atoms with Gasteiger partial charge >= 0.3 is 5.97 Å². The van der Waals surface area contributed by atoms with Crippen LogP contribution in [0.3, 0.4) is 0 Å². The molecule has 0 unspecified atom stereocenters. The first-order valence-electron chi connectivity index (χ1n) is 7.76. The minimum atomic E-state index is -4.13. The highest BCUT2D eigenvalue weighted by atomic mass is 32.2. The molecule has 0 fully saturated rings. The largest absolute Gasteiger partial charge is 0.457 e. The van der Waals surface area contributed by atoms with Gasteiger partial charge in [-0.25, -0.2) is 21.6 Å². The first-order chi connectivity index (χ1) is 13.1. The molecule has 0 saturated carbocycles. The number of esters is 1. The summed E-state index contributed by atoms with van der Waals surface area (Å²) in [4.78, 5) is 14.4. The fourth-order valence-corrected chi connectivity index (χ4v) is 4.02. The van der Waals surface area contributed by atoms with E-state index in [1.54, 1.807) is 12.1 Å². The molecule has 0 amide bonds. The molecule has 0 atom stereocenters. The Hall–Kier alpha value is -3.14. The van der Waals surface area contributed by atoms with E-state index in [4.69, 9.17) is 10.3 Å². The topological polar surface area (TPSA) is 143 Å². The molecule has 0 aliphatic carbocycles. The van der Waals surface area contributed by atoms with Crippen molar-refractivity contribution in [1.29, 1.82) is 0 Å². The first kappa shape index (κ1) is 19.6. The molecule has 9 nitrogen and oxygen atoms in total. The number of rotatable bonds is 5. The molecular formula is C17H13N3O6S2. The Balaban J connectivity index is 2.05. The highest BCUT2D eigenvalue weighted by molar-refractivity contribution is 7.90. The van der Waals surface area contributed by atoms with E-state index in [1.165, 1.54) is 36.4 Å². The summed E-state index contributed by atoms with van der Waals surface area (Å²) in [5.41, 5.74) is 10.2. The molecule has 1 aliphatic rings. The van der Waals surface area contributed by atoms with Crippen molar-refractivity contribution in [2.24, 2.45) is 4.52 Å². The first-order valence-corrected chi connectivity index (χ1v) is 11.1. The van der Waals surface area contributed by atoms with Crippen LogP contribution >= 0.6 is 0 Å². The predicted molar refractivity (Wildman–Crippen MR) is 100 cm³/mol. The predicted octanol–water partition coefficient (Wildman–Crippen LogP) is 2.56. The van der Waals surface area contributed by atoms with E-state index >= 15 is 0 Å². The van der Waals surface area contributed by atoms with Crippen molar-refractivity contribution < 1.29 is 26.4 Å². The lowest BCUT2D eigenvalue weighted by Crippen LogP contribution is -2.00. The van der Waals surface area contributed by atoms with Gasteiger partial charge in [0.1, 0.15) is 6.61 Å². The second-order valence-corrected chi connectivity index (χ2v) is 9.50. The van der Waals surface area contributed by atoms with Crippen LogP contribution in [0.5, 0.6) is 0 Å². The van der Waals surface area contributed by atoms with Gasteiger partial charge in [-0.05, 0) is 40.9 Å². The minimum absolute atomic E-state index is 0.00512. The summed E-state index contributed by atoms with van der Waals surface area (Å²) in [6.45, 7) is 0.00512. The van der Waals surface area contributed by atoms with Crippen molar-refractivity contribution in [3.05, 3.63) is 70.1 Å². The summed E-state index contributed by atoms with van der Waals surface area (Å²) in [6, 6.07) is 11.3. The van der Waals surface area contributed by atoms with Gasteiger partial charge in [0.25, 0.3) is 10.0 Å². The minimum Gasteiger partial charge on any atom is -0.457 e. The van der Waals surface area contributed by atoms with Gasteiger partial charge in [-0.3, -0.25) is 0 Å². The molecule has 2 aromatic carbocycles. The molecule has 28 heavy (non-hydrogen) atoms. The van der Waals surface area contributed by atoms with Crippen LogP contribution in [-0.2, 0) is 29.4 Å². The van der Waals surface area contributed by atoms with Crippen molar-refractivity contribution >= 4 is 37.0 Å². The molecule has 0 spiro atoms. The standard InChI is InChI=1S/C17H13N3O6S2/c1-27(22,23)13-6-2-11(3-7-13)15-10-26-17(21)16(15)12-4-8-14(9-5-12)28(24,25)20-19-18/h2-9H,10H2,1H3. The Bertz CT molecular complexity index is 1240. The molecule has 2 aromatic rings. The van der Waals surface area contributed by atoms with Gasteiger partial charge in [0, 0.05) is 21.3 Å². The van der Waals surface area contributed by atoms with E-state index in [0.717, 1.165) is 6.26 Å². The van der Waals surface area contributed by atoms with Gasteiger partial charge in [0.15, 0.2) is 9.84 Å². The molecule has 1 heterocycles. The van der Waals surface area contributed by atoms with Crippen LogP contribution in [0, 0.1) is 0 Å². The zero-order chi connectivity index (χ0) is 20.5. The highest BCUT2D eigenvalue weighted by Gasteiger charge is 2.27. The van der Waals surface area contributed by atoms with Gasteiger partial charge < -0.3 is 4.74 Å². The molecule has 144 valence electrons. The molecule has 11 heteroatoms. The third-order valence-electron chi connectivity index (χ3n) is 4.07. The number of hydrogen-bond acceptors (Lipinski definition) is 6. The Morgan fingerprint density at radius 2 is 1.46 bits per heavy atom. The normalized spacial score (nSPS) is 14.5. The van der Waals surface area contributed by atoms with Gasteiger partial charge in [0.05, 0.1) is 15.4 Å². The molecule has 0 saturated heterocycles. The van der Waals surface area contributed by atoms with Crippen LogP contribution in [0.25, 0.3) is 21.6 Å². The molecule has 0 aromatic heterocycles. The maximum atomic E-state index is 12.2. The van der Waals surface area contributed by atoms with Gasteiger partial charge in [-0.1, -0.05) is 24.3 Å². The highest BCUT2D eigenvalue weighted by Crippen LogP contribution is 2.33. The molecule has 3 rings (SSSR count). The summed E-state index contributed by atoms with van der Waals surface area (Å²) in [6.07, 6.45) is 1.10. The van der Waals surface area contributed by atoms with Crippen LogP contribution in [0.4, 0.5) is 0 Å². The number of sulfonamides is 1. The zero-order valence-electron chi connectivity index (χ0n) is 14.4. The van der Waals surface area contributed by atoms with Crippen molar-refractivity contribution in [3.63, 3.8) is 0 Å². The van der Waals surface area contributed by atoms with Crippen LogP contribution in [0.1, 0.15) is 11.1 Å². The Morgan fingerprint density at radius 1 is 0.929 bits per heavy atom. The molecular weight excluding hydrogens is 406 g/mol. The molecule has 0 N–H and O–H groups in total. The SMILES string of the molecule is CS(=O)(=O)c1ccc(C2=C(c3ccc(S(=O)(=O)N=[N+]=[N-])cc3)C(=O)OC2)cc1. The molecule has 0 bridgehead atoms. The van der Waals surface area contributed by atoms with Crippen LogP contribution in [-0.4, -0.2) is 35.7 Å². The summed E-state index contributed by atoms with van der Waals surface area (Å²) in [5.74, 6) is -0.576. The van der Waals surface area contributed by atoms with Crippen LogP contribution < -0.4 is 0 Å². The van der Waals surface area contributed by atoms with Crippen molar-refractivity contribution in [2.75, 3.05) is 12.9 Å². The van der Waals surface area contributed by atoms with Crippen molar-refractivity contribution in [3.8, 4) is 0 Å². The van der Waals surface area contributed by atoms with Gasteiger partial charge in [-0.15, -0.1) is 0 Å². The van der Waals surface area contributed by atoms with Gasteiger partial charge in [-0.2, -0.15) is 0 Å². The van der Waals surface area contributed by atoms with E-state index in [2.05, 4.69) is 9.43 Å². The van der Waals surface area contributed by atoms with E-state index < -0.39 is 25.8 Å². The molecule has 0 radical (unpaired) electrons. The zero-order valence-corrected chi connectivity index (χ0v) is 16.1. The summed E-state index contributed by atoms with van der Waals surface area (Å²) in [7, 11) is -7.48. The van der Waals surface area contributed by atoms with Crippen LogP contribution in [0.2, 0.25) is 0 Å². The fourth-order valence-electron chi connectivity index (χ4n) is 2.72. The lowest BCUT2D eigenvalue weighted by atomic mass is 9.97. The monoisotopic (exact) mass is 419 g/mol. The number of azide groups is 1. The third-order valence-corrected chi connectivity index (χ3v) is 6.35. The number of sulfone groups is 1. The maximum Gasteiger partial charge on any atom is 0.339 e. The van der Waals surface area contributed by atoms with E-state index in [-0.39, 0.29) is 22.0 Å². The summed E-state index contributed by atoms with van der Waals surface area (Å²) >= 11 is 0. The Morgan fingerprint density at radius 3 is 2.00 bits per heavy atom. The summed E-state index contributed by atoms with van der Waals surface area (Å²) < 4.78 is 54.6. The second kappa shape index (κ2) is 7.12. The van der Waals surface area contributed by atoms with Gasteiger partial charge in [0.2, 0.25) is 0 Å². The number of nitrogens with zero attached hydrogens (tertiary/aromatic N) is 3. The average molecular weight is 419 g/mol. The Kier molecular flexibility index (Phi) is 4.99. The third kappa shape index (κ3) is 3.77. The number of carbonyl (C=O) groups is 1. The number of carbonyl (C=O) groups excluding carboxylic acids is 1. The van der Waals surface area contributed by atoms with Crippen molar-refractivity contribution in [2.45, 2.75) is 9.79 Å². The molecule has 1 aliphatic heterocycles. The van der Waals surface area contributed by atoms with E-state index in [9.17, 15) is 21.6 Å². The number of ether oxygens (including phenoxy) is 1. The Labute approximate surface area is 160 Å². The van der Waals surface area contributed by atoms with E-state index in [1.807, 2.05) is 0 Å². The number of cyclic esters (lactones) is 1. The quantitative estimate of drug-likeness (QED) is 0.315. The van der Waals surface area contributed by atoms with Crippen molar-refractivity contribution in [1.82, 2.24) is 0 Å². The summed E-state index contributed by atoms with van der Waals surface area (Å²) in [5, 5.41) is 0. The van der Waals surface area contributed by atoms with E-state index in [0.29, 0.717) is 16.7 Å². The lowest BCUT2D eigenvalue weighted by Gasteiger charge is -2.06. The number of benzene rings is 2.